The summed E-state index contributed by atoms with van der Waals surface area (Å²) in [6.45, 7) is 4.57. The topological polar surface area (TPSA) is 38.0 Å². The fourth-order valence-electron chi connectivity index (χ4n) is 3.38. The van der Waals surface area contributed by atoms with Gasteiger partial charge in [-0.15, -0.1) is 0 Å². The Balaban J connectivity index is 2.11. The number of nitrogens with two attached hydrogens (primary N) is 1. The van der Waals surface area contributed by atoms with Crippen molar-refractivity contribution in [2.75, 3.05) is 0 Å². The van der Waals surface area contributed by atoms with Crippen LogP contribution in [-0.4, -0.2) is 0 Å². The van der Waals surface area contributed by atoms with E-state index in [-0.39, 0.29) is 11.9 Å². The molecule has 1 fully saturated rings. The number of benzene rings is 1. The minimum absolute atomic E-state index is 0.0636. The van der Waals surface area contributed by atoms with Gasteiger partial charge in [-0.1, -0.05) is 25.4 Å². The van der Waals surface area contributed by atoms with E-state index >= 15 is 0 Å². The highest BCUT2D eigenvalue weighted by atomic mass is 35.5. The maximum atomic E-state index is 13.5. The Hall–Kier alpha value is -0.640. The van der Waals surface area contributed by atoms with Crippen molar-refractivity contribution in [3.63, 3.8) is 0 Å². The van der Waals surface area contributed by atoms with Gasteiger partial charge in [0.25, 0.3) is 0 Å². The smallest absolute Gasteiger partial charge is 0.123 e. The zero-order valence-corrected chi connectivity index (χ0v) is 13.0. The summed E-state index contributed by atoms with van der Waals surface area (Å²) in [6.07, 6.45) is 4.66. The largest absolute Gasteiger partial charge is 0.271 e. The average molecular weight is 299 g/mol. The van der Waals surface area contributed by atoms with Crippen LogP contribution in [0.1, 0.15) is 51.1 Å². The lowest BCUT2D eigenvalue weighted by Crippen LogP contribution is -2.36. The molecule has 1 atom stereocenters. The van der Waals surface area contributed by atoms with E-state index in [2.05, 4.69) is 19.3 Å². The number of hydrazine groups is 1. The minimum atomic E-state index is -0.263. The second kappa shape index (κ2) is 6.88. The molecule has 1 aliphatic carbocycles. The van der Waals surface area contributed by atoms with E-state index in [1.54, 1.807) is 6.07 Å². The third kappa shape index (κ3) is 3.51. The third-order valence-electron chi connectivity index (χ3n) is 4.70. The Labute approximate surface area is 125 Å². The predicted octanol–water partition coefficient (Wildman–Crippen LogP) is 4.45. The summed E-state index contributed by atoms with van der Waals surface area (Å²) in [6, 6.07) is 4.43. The third-order valence-corrected chi connectivity index (χ3v) is 5.05. The van der Waals surface area contributed by atoms with Gasteiger partial charge in [0.05, 0.1) is 6.04 Å². The Morgan fingerprint density at radius 3 is 2.35 bits per heavy atom. The van der Waals surface area contributed by atoms with Crippen molar-refractivity contribution in [1.29, 1.82) is 0 Å². The van der Waals surface area contributed by atoms with E-state index < -0.39 is 0 Å². The summed E-state index contributed by atoms with van der Waals surface area (Å²) < 4.78 is 13.5. The van der Waals surface area contributed by atoms with E-state index in [0.29, 0.717) is 10.9 Å². The molecule has 20 heavy (non-hydrogen) atoms. The van der Waals surface area contributed by atoms with Gasteiger partial charge in [-0.05, 0) is 67.2 Å². The van der Waals surface area contributed by atoms with Crippen LogP contribution < -0.4 is 11.3 Å². The van der Waals surface area contributed by atoms with Crippen LogP contribution in [-0.2, 0) is 0 Å². The maximum Gasteiger partial charge on any atom is 0.123 e. The van der Waals surface area contributed by atoms with Gasteiger partial charge in [-0.25, -0.2) is 4.39 Å². The fourth-order valence-corrected chi connectivity index (χ4v) is 3.61. The van der Waals surface area contributed by atoms with Crippen molar-refractivity contribution in [3.8, 4) is 0 Å². The summed E-state index contributed by atoms with van der Waals surface area (Å²) in [5, 5.41) is 0.584. The van der Waals surface area contributed by atoms with Gasteiger partial charge < -0.3 is 0 Å². The molecule has 1 aliphatic rings. The molecule has 2 nitrogen and oxygen atoms in total. The van der Waals surface area contributed by atoms with E-state index in [0.717, 1.165) is 30.2 Å². The molecule has 3 N–H and O–H groups in total. The number of nitrogens with one attached hydrogen (secondary N) is 1. The second-order valence-electron chi connectivity index (χ2n) is 6.23. The molecule has 1 saturated carbocycles. The van der Waals surface area contributed by atoms with E-state index in [1.165, 1.54) is 25.0 Å². The van der Waals surface area contributed by atoms with Gasteiger partial charge in [-0.3, -0.25) is 11.3 Å². The molecule has 4 heteroatoms. The van der Waals surface area contributed by atoms with Crippen molar-refractivity contribution in [2.24, 2.45) is 23.6 Å². The van der Waals surface area contributed by atoms with Crippen LogP contribution in [0, 0.1) is 23.6 Å². The molecule has 0 saturated heterocycles. The minimum Gasteiger partial charge on any atom is -0.271 e. The first-order valence-corrected chi connectivity index (χ1v) is 7.81. The molecule has 0 amide bonds. The molecule has 2 rings (SSSR count). The quantitative estimate of drug-likeness (QED) is 0.637. The highest BCUT2D eigenvalue weighted by Gasteiger charge is 2.30. The van der Waals surface area contributed by atoms with Crippen LogP contribution in [0.25, 0.3) is 0 Å². The second-order valence-corrected chi connectivity index (χ2v) is 6.64. The van der Waals surface area contributed by atoms with Crippen LogP contribution in [0.4, 0.5) is 4.39 Å². The standard InChI is InChI=1S/C16H24ClFN2/c1-10(2)11-3-5-12(6-4-11)16(20-19)14-9-13(18)7-8-15(14)17/h7-12,16,20H,3-6,19H2,1-2H3. The van der Waals surface area contributed by atoms with Crippen molar-refractivity contribution >= 4 is 11.6 Å². The Morgan fingerprint density at radius 2 is 1.80 bits per heavy atom. The Morgan fingerprint density at radius 1 is 1.20 bits per heavy atom. The SMILES string of the molecule is CC(C)C1CCC(C(NN)c2cc(F)ccc2Cl)CC1. The van der Waals surface area contributed by atoms with Crippen LogP contribution in [0.5, 0.6) is 0 Å². The molecule has 1 aromatic carbocycles. The van der Waals surface area contributed by atoms with Crippen molar-refractivity contribution < 1.29 is 4.39 Å². The number of hydrogen-bond donors (Lipinski definition) is 2. The summed E-state index contributed by atoms with van der Waals surface area (Å²) in [5.74, 6) is 7.41. The first-order chi connectivity index (χ1) is 9.52. The molecule has 0 aliphatic heterocycles. The van der Waals surface area contributed by atoms with E-state index in [1.807, 2.05) is 0 Å². The number of rotatable bonds is 4. The molecule has 0 bridgehead atoms. The van der Waals surface area contributed by atoms with E-state index in [4.69, 9.17) is 17.4 Å². The van der Waals surface area contributed by atoms with Gasteiger partial charge in [-0.2, -0.15) is 0 Å². The molecular formula is C16H24ClFN2. The van der Waals surface area contributed by atoms with E-state index in [9.17, 15) is 4.39 Å². The summed E-state index contributed by atoms with van der Waals surface area (Å²) in [7, 11) is 0. The first kappa shape index (κ1) is 15.7. The summed E-state index contributed by atoms with van der Waals surface area (Å²) in [4.78, 5) is 0. The molecule has 1 unspecified atom stereocenters. The predicted molar refractivity (Wildman–Crippen MR) is 81.8 cm³/mol. The molecule has 112 valence electrons. The summed E-state index contributed by atoms with van der Waals surface area (Å²) in [5.41, 5.74) is 3.63. The number of hydrogen-bond acceptors (Lipinski definition) is 2. The van der Waals surface area contributed by atoms with Crippen LogP contribution >= 0.6 is 11.6 Å². The van der Waals surface area contributed by atoms with Gasteiger partial charge in [0.15, 0.2) is 0 Å². The molecule has 0 aromatic heterocycles. The zero-order valence-electron chi connectivity index (χ0n) is 12.2. The summed E-state index contributed by atoms with van der Waals surface area (Å²) >= 11 is 6.21. The average Bonchev–Trinajstić information content (AvgIpc) is 2.44. The van der Waals surface area contributed by atoms with Crippen molar-refractivity contribution in [1.82, 2.24) is 5.43 Å². The Bertz CT molecular complexity index is 442. The van der Waals surface area contributed by atoms with Crippen LogP contribution in [0.3, 0.4) is 0 Å². The van der Waals surface area contributed by atoms with Crippen molar-refractivity contribution in [2.45, 2.75) is 45.6 Å². The number of halogens is 2. The monoisotopic (exact) mass is 298 g/mol. The molecule has 0 radical (unpaired) electrons. The van der Waals surface area contributed by atoms with Gasteiger partial charge in [0, 0.05) is 5.02 Å². The van der Waals surface area contributed by atoms with Gasteiger partial charge in [0.1, 0.15) is 5.82 Å². The zero-order chi connectivity index (χ0) is 14.7. The lowest BCUT2D eigenvalue weighted by molar-refractivity contribution is 0.189. The highest BCUT2D eigenvalue weighted by Crippen LogP contribution is 2.40. The maximum absolute atomic E-state index is 13.5. The van der Waals surface area contributed by atoms with Crippen LogP contribution in [0.15, 0.2) is 18.2 Å². The highest BCUT2D eigenvalue weighted by molar-refractivity contribution is 6.31. The first-order valence-electron chi connectivity index (χ1n) is 7.44. The Kier molecular flexibility index (Phi) is 5.42. The van der Waals surface area contributed by atoms with Gasteiger partial charge in [0.2, 0.25) is 0 Å². The normalized spacial score (nSPS) is 24.9. The van der Waals surface area contributed by atoms with Crippen LogP contribution in [0.2, 0.25) is 5.02 Å². The molecular weight excluding hydrogens is 275 g/mol. The van der Waals surface area contributed by atoms with Crippen molar-refractivity contribution in [3.05, 3.63) is 34.6 Å². The molecule has 1 aromatic rings. The lowest BCUT2D eigenvalue weighted by Gasteiger charge is -2.35. The lowest BCUT2D eigenvalue weighted by atomic mass is 9.73. The van der Waals surface area contributed by atoms with Gasteiger partial charge >= 0.3 is 0 Å². The molecule has 0 spiro atoms. The fraction of sp³-hybridized carbons (Fsp3) is 0.625. The molecule has 0 heterocycles.